The lowest BCUT2D eigenvalue weighted by molar-refractivity contribution is -0.00803. The van der Waals surface area contributed by atoms with Crippen molar-refractivity contribution < 1.29 is 27.5 Å². The Bertz CT molecular complexity index is 1540. The van der Waals surface area contributed by atoms with Gasteiger partial charge >= 0.3 is 6.09 Å². The van der Waals surface area contributed by atoms with Crippen LogP contribution in [0, 0.1) is 11.9 Å². The monoisotopic (exact) mass is 546 g/mol. The number of aromatic amines is 1. The van der Waals surface area contributed by atoms with Gasteiger partial charge in [0.1, 0.15) is 29.2 Å². The van der Waals surface area contributed by atoms with E-state index < -0.39 is 23.6 Å². The number of furan rings is 1. The number of fused-ring (bicyclic) bond motifs is 3. The van der Waals surface area contributed by atoms with Crippen LogP contribution in [0.15, 0.2) is 45.7 Å². The van der Waals surface area contributed by atoms with E-state index in [1.54, 1.807) is 13.0 Å². The van der Waals surface area contributed by atoms with Crippen LogP contribution in [-0.2, 0) is 21.6 Å². The summed E-state index contributed by atoms with van der Waals surface area (Å²) in [6.07, 6.45) is 0.754. The summed E-state index contributed by atoms with van der Waals surface area (Å²) >= 11 is 5.88. The number of amides is 1. The highest BCUT2D eigenvalue weighted by molar-refractivity contribution is 6.30. The van der Waals surface area contributed by atoms with E-state index >= 15 is 4.39 Å². The van der Waals surface area contributed by atoms with Gasteiger partial charge in [0.05, 0.1) is 18.2 Å². The number of pyridine rings is 1. The number of carbonyl (C=O) groups is 1. The van der Waals surface area contributed by atoms with Gasteiger partial charge in [0.15, 0.2) is 0 Å². The normalized spacial score (nSPS) is 19.8. The molecule has 1 fully saturated rings. The lowest BCUT2D eigenvalue weighted by atomic mass is 9.79. The maximum absolute atomic E-state index is 15.7. The fourth-order valence-corrected chi connectivity index (χ4v) is 4.86. The van der Waals surface area contributed by atoms with Crippen molar-refractivity contribution in [3.05, 3.63) is 69.2 Å². The molecule has 1 saturated heterocycles. The number of aromatic nitrogens is 3. The van der Waals surface area contributed by atoms with E-state index in [0.717, 1.165) is 11.6 Å². The first kappa shape index (κ1) is 26.1. The molecule has 1 aliphatic heterocycles. The number of nitrogens with zero attached hydrogens (tertiary/aromatic N) is 3. The number of piperidine rings is 1. The van der Waals surface area contributed by atoms with Gasteiger partial charge in [-0.1, -0.05) is 30.7 Å². The second-order valence-corrected chi connectivity index (χ2v) is 9.65. The predicted molar refractivity (Wildman–Crippen MR) is 135 cm³/mol. The number of H-pyrrole nitrogens is 1. The van der Waals surface area contributed by atoms with E-state index in [1.807, 2.05) is 18.2 Å². The fourth-order valence-electron chi connectivity index (χ4n) is 4.71. The van der Waals surface area contributed by atoms with E-state index in [2.05, 4.69) is 15.0 Å². The molecule has 0 bridgehead atoms. The number of benzene rings is 1. The molecule has 3 aromatic heterocycles. The minimum absolute atomic E-state index is 0.00727. The first-order valence-corrected chi connectivity index (χ1v) is 12.5. The fraction of sp³-hybridized carbons (Fsp3) is 0.385. The molecule has 1 N–H and O–H groups in total. The molecule has 1 aromatic carbocycles. The molecule has 0 spiro atoms. The molecular weight excluding hydrogens is 522 g/mol. The van der Waals surface area contributed by atoms with Crippen LogP contribution >= 0.6 is 11.6 Å². The molecule has 4 aromatic rings. The van der Waals surface area contributed by atoms with Gasteiger partial charge in [-0.25, -0.2) is 19.2 Å². The molecule has 0 saturated carbocycles. The summed E-state index contributed by atoms with van der Waals surface area (Å²) in [5, 5.41) is 0.902. The van der Waals surface area contributed by atoms with Gasteiger partial charge in [0, 0.05) is 49.0 Å². The molecule has 12 heteroatoms. The summed E-state index contributed by atoms with van der Waals surface area (Å²) in [4.78, 5) is 36.9. The van der Waals surface area contributed by atoms with Crippen LogP contribution in [0.5, 0.6) is 0 Å². The summed E-state index contributed by atoms with van der Waals surface area (Å²) in [7, 11) is 0. The van der Waals surface area contributed by atoms with Crippen molar-refractivity contribution in [3.8, 4) is 0 Å². The zero-order valence-corrected chi connectivity index (χ0v) is 21.3. The van der Waals surface area contributed by atoms with Crippen LogP contribution in [-0.4, -0.2) is 58.9 Å². The third-order valence-electron chi connectivity index (χ3n) is 6.75. The van der Waals surface area contributed by atoms with Gasteiger partial charge in [-0.3, -0.25) is 4.79 Å². The van der Waals surface area contributed by atoms with Gasteiger partial charge in [0.25, 0.3) is 5.56 Å². The molecule has 2 atom stereocenters. The van der Waals surface area contributed by atoms with E-state index in [4.69, 9.17) is 25.5 Å². The van der Waals surface area contributed by atoms with Crippen molar-refractivity contribution in [2.75, 3.05) is 32.9 Å². The summed E-state index contributed by atoms with van der Waals surface area (Å²) in [5.74, 6) is -1.15. The zero-order chi connectivity index (χ0) is 26.9. The third-order valence-corrected chi connectivity index (χ3v) is 6.96. The molecule has 0 radical (unpaired) electrons. The molecule has 9 nitrogen and oxygen atoms in total. The Morgan fingerprint density at radius 1 is 1.32 bits per heavy atom. The Morgan fingerprint density at radius 2 is 2.13 bits per heavy atom. The first-order chi connectivity index (χ1) is 18.3. The number of rotatable bonds is 7. The Kier molecular flexibility index (Phi) is 7.31. The van der Waals surface area contributed by atoms with Crippen LogP contribution in [0.4, 0.5) is 13.6 Å². The van der Waals surface area contributed by atoms with Crippen LogP contribution in [0.2, 0.25) is 5.02 Å². The van der Waals surface area contributed by atoms with E-state index in [0.29, 0.717) is 23.3 Å². The summed E-state index contributed by atoms with van der Waals surface area (Å²) in [6.45, 7) is 2.06. The van der Waals surface area contributed by atoms with E-state index in [9.17, 15) is 14.0 Å². The summed E-state index contributed by atoms with van der Waals surface area (Å²) in [6, 6.07) is 8.52. The Hall–Kier alpha value is -3.57. The second-order valence-electron chi connectivity index (χ2n) is 9.22. The highest BCUT2D eigenvalue weighted by Gasteiger charge is 2.46. The first-order valence-electron chi connectivity index (χ1n) is 12.2. The predicted octanol–water partition coefficient (Wildman–Crippen LogP) is 4.76. The largest absolute Gasteiger partial charge is 0.449 e. The molecule has 0 aliphatic carbocycles. The van der Waals surface area contributed by atoms with E-state index in [-0.39, 0.29) is 61.1 Å². The number of ether oxygens (including phenoxy) is 2. The number of hydrogen-bond acceptors (Lipinski definition) is 7. The van der Waals surface area contributed by atoms with Crippen LogP contribution in [0.1, 0.15) is 24.7 Å². The number of carbonyl (C=O) groups excluding carboxylic acids is 1. The molecule has 38 heavy (non-hydrogen) atoms. The molecule has 1 aliphatic rings. The quantitative estimate of drug-likeness (QED) is 0.263. The number of alkyl halides is 1. The zero-order valence-electron chi connectivity index (χ0n) is 20.5. The van der Waals surface area contributed by atoms with Crippen molar-refractivity contribution in [1.82, 2.24) is 19.9 Å². The molecule has 0 unspecified atom stereocenters. The molecule has 5 rings (SSSR count). The van der Waals surface area contributed by atoms with Crippen LogP contribution < -0.4 is 5.56 Å². The number of likely N-dealkylation sites (tertiary alicyclic amines) is 1. The summed E-state index contributed by atoms with van der Waals surface area (Å²) < 4.78 is 46.3. The number of hydrogen-bond donors (Lipinski definition) is 1. The van der Waals surface area contributed by atoms with Gasteiger partial charge in [-0.2, -0.15) is 4.39 Å². The molecule has 1 amide bonds. The highest BCUT2D eigenvalue weighted by atomic mass is 35.5. The Labute approximate surface area is 220 Å². The average Bonchev–Trinajstić information content (AvgIpc) is 3.28. The number of nitrogens with one attached hydrogen (secondary N) is 1. The Morgan fingerprint density at radius 3 is 2.95 bits per heavy atom. The topological polar surface area (TPSA) is 111 Å². The maximum atomic E-state index is 15.7. The van der Waals surface area contributed by atoms with Gasteiger partial charge in [0.2, 0.25) is 11.5 Å². The van der Waals surface area contributed by atoms with Gasteiger partial charge < -0.3 is 23.8 Å². The standard InChI is InChI=1S/C26H25ClF2N4O5/c1-15-14-33(8-7-26(15,29)18-12-16(27)13-30-23(18)28)25(35)37-11-10-36-9-6-20-31-21-17-4-2-3-5-19(17)38-22(21)24(34)32-20/h2-5,12-13,15H,6-11,14H2,1H3,(H,31,32,34)/t15-,26+/m0/s1. The van der Waals surface area contributed by atoms with Crippen molar-refractivity contribution in [3.63, 3.8) is 0 Å². The lowest BCUT2D eigenvalue weighted by Crippen LogP contribution is -2.49. The summed E-state index contributed by atoms with van der Waals surface area (Å²) in [5.41, 5.74) is -1.30. The van der Waals surface area contributed by atoms with Crippen molar-refractivity contribution in [2.45, 2.75) is 25.4 Å². The number of para-hydroxylation sites is 1. The number of halogens is 3. The maximum Gasteiger partial charge on any atom is 0.409 e. The van der Waals surface area contributed by atoms with Crippen molar-refractivity contribution in [2.24, 2.45) is 5.92 Å². The van der Waals surface area contributed by atoms with Crippen molar-refractivity contribution >= 4 is 39.8 Å². The minimum atomic E-state index is -2.00. The molecule has 4 heterocycles. The van der Waals surface area contributed by atoms with E-state index in [1.165, 1.54) is 11.0 Å². The molecular formula is C26H25ClF2N4O5. The van der Waals surface area contributed by atoms with Crippen LogP contribution in [0.25, 0.3) is 22.1 Å². The third kappa shape index (κ3) is 5.08. The van der Waals surface area contributed by atoms with Crippen molar-refractivity contribution in [1.29, 1.82) is 0 Å². The van der Waals surface area contributed by atoms with Crippen LogP contribution in [0.3, 0.4) is 0 Å². The second kappa shape index (κ2) is 10.7. The van der Waals surface area contributed by atoms with Gasteiger partial charge in [-0.05, 0) is 18.2 Å². The minimum Gasteiger partial charge on any atom is -0.449 e. The lowest BCUT2D eigenvalue weighted by Gasteiger charge is -2.41. The Balaban J connectivity index is 1.08. The smallest absolute Gasteiger partial charge is 0.409 e. The SMILES string of the molecule is C[C@H]1CN(C(=O)OCCOCCc2nc3c(oc4ccccc43)c(=O)[nH]2)CC[C@]1(F)c1cc(Cl)cnc1F. The molecule has 200 valence electrons. The average molecular weight is 547 g/mol. The highest BCUT2D eigenvalue weighted by Crippen LogP contribution is 2.42. The van der Waals surface area contributed by atoms with Gasteiger partial charge in [-0.15, -0.1) is 0 Å².